The largest absolute Gasteiger partial charge is 0.489 e. The highest BCUT2D eigenvalue weighted by molar-refractivity contribution is 7.85. The van der Waals surface area contributed by atoms with E-state index in [-0.39, 0.29) is 24.7 Å². The predicted molar refractivity (Wildman–Crippen MR) is 142 cm³/mol. The van der Waals surface area contributed by atoms with Crippen molar-refractivity contribution in [3.63, 3.8) is 0 Å². The standard InChI is InChI=1S/C25H36Cl2N2O4S/c1-9-12-32-21-15-20(27)19(26)14-18(21)22(28-34(31)25(6,7)8)17-10-11-29(16(2)13-17)23(30)33-24(3,4)5/h9,14-17H,1,10-13H2,2-8H3/t16?,17?,34-/m0/s1. The average molecular weight is 532 g/mol. The Balaban J connectivity index is 2.48. The molecule has 0 radical (unpaired) electrons. The maximum atomic E-state index is 13.1. The number of carbonyl (C=O) groups excluding carboxylic acids is 1. The maximum absolute atomic E-state index is 13.1. The molecule has 2 rings (SSSR count). The highest BCUT2D eigenvalue weighted by Gasteiger charge is 2.36. The van der Waals surface area contributed by atoms with Gasteiger partial charge in [-0.05, 0) is 67.4 Å². The Morgan fingerprint density at radius 2 is 1.85 bits per heavy atom. The van der Waals surface area contributed by atoms with Gasteiger partial charge in [-0.3, -0.25) is 0 Å². The van der Waals surface area contributed by atoms with Crippen molar-refractivity contribution in [2.24, 2.45) is 10.3 Å². The smallest absolute Gasteiger partial charge is 0.410 e. The molecule has 0 spiro atoms. The first-order valence-corrected chi connectivity index (χ1v) is 13.2. The molecular formula is C25H36Cl2N2O4S. The van der Waals surface area contributed by atoms with E-state index in [0.717, 1.165) is 0 Å². The number of likely N-dealkylation sites (tertiary alicyclic amines) is 1. The Labute approximate surface area is 216 Å². The summed E-state index contributed by atoms with van der Waals surface area (Å²) in [6.45, 7) is 17.6. The number of piperidine rings is 1. The molecule has 1 heterocycles. The first-order valence-electron chi connectivity index (χ1n) is 11.4. The van der Waals surface area contributed by atoms with Crippen molar-refractivity contribution in [1.29, 1.82) is 0 Å². The van der Waals surface area contributed by atoms with Crippen molar-refractivity contribution in [2.45, 2.75) is 77.7 Å². The van der Waals surface area contributed by atoms with Gasteiger partial charge >= 0.3 is 6.09 Å². The van der Waals surface area contributed by atoms with E-state index in [4.69, 9.17) is 37.1 Å². The molecule has 0 bridgehead atoms. The lowest BCUT2D eigenvalue weighted by Crippen LogP contribution is -2.48. The zero-order chi connectivity index (χ0) is 25.8. The van der Waals surface area contributed by atoms with E-state index in [2.05, 4.69) is 6.58 Å². The number of carbonyl (C=O) groups is 1. The van der Waals surface area contributed by atoms with Gasteiger partial charge in [-0.2, -0.15) is 4.40 Å². The number of hydrogen-bond acceptors (Lipinski definition) is 4. The summed E-state index contributed by atoms with van der Waals surface area (Å²) in [5, 5.41) is 0.713. The third-order valence-electron chi connectivity index (χ3n) is 5.25. The molecule has 0 aliphatic carbocycles. The fraction of sp³-hybridized carbons (Fsp3) is 0.600. The monoisotopic (exact) mass is 530 g/mol. The van der Waals surface area contributed by atoms with Gasteiger partial charge in [0.1, 0.15) is 28.9 Å². The lowest BCUT2D eigenvalue weighted by atomic mass is 9.84. The fourth-order valence-electron chi connectivity index (χ4n) is 3.58. The lowest BCUT2D eigenvalue weighted by Gasteiger charge is -2.39. The molecule has 190 valence electrons. The van der Waals surface area contributed by atoms with Crippen LogP contribution in [-0.2, 0) is 15.7 Å². The molecular weight excluding hydrogens is 495 g/mol. The van der Waals surface area contributed by atoms with Gasteiger partial charge in [-0.25, -0.2) is 9.00 Å². The zero-order valence-electron chi connectivity index (χ0n) is 21.1. The Hall–Kier alpha value is -1.57. The third-order valence-corrected chi connectivity index (χ3v) is 7.38. The molecule has 1 aliphatic heterocycles. The third kappa shape index (κ3) is 7.72. The van der Waals surface area contributed by atoms with Crippen LogP contribution in [-0.4, -0.2) is 50.5 Å². The van der Waals surface area contributed by atoms with E-state index in [1.54, 1.807) is 23.1 Å². The first kappa shape index (κ1) is 28.7. The zero-order valence-corrected chi connectivity index (χ0v) is 23.4. The van der Waals surface area contributed by atoms with Crippen LogP contribution in [0.2, 0.25) is 10.0 Å². The fourth-order valence-corrected chi connectivity index (χ4v) is 4.60. The van der Waals surface area contributed by atoms with E-state index >= 15 is 0 Å². The van der Waals surface area contributed by atoms with Crippen LogP contribution in [0.1, 0.15) is 66.9 Å². The quantitative estimate of drug-likeness (QED) is 0.298. The van der Waals surface area contributed by atoms with Crippen LogP contribution in [0.25, 0.3) is 0 Å². The summed E-state index contributed by atoms with van der Waals surface area (Å²) in [5.41, 5.74) is 0.722. The summed E-state index contributed by atoms with van der Waals surface area (Å²) >= 11 is 12.6. The van der Waals surface area contributed by atoms with Crippen molar-refractivity contribution >= 4 is 46.0 Å². The van der Waals surface area contributed by atoms with Crippen molar-refractivity contribution in [1.82, 2.24) is 4.90 Å². The average Bonchev–Trinajstić information content (AvgIpc) is 2.70. The molecule has 1 aromatic rings. The van der Waals surface area contributed by atoms with Crippen molar-refractivity contribution in [3.8, 4) is 5.75 Å². The predicted octanol–water partition coefficient (Wildman–Crippen LogP) is 6.85. The lowest BCUT2D eigenvalue weighted by molar-refractivity contribution is 0.00989. The molecule has 3 atom stereocenters. The maximum Gasteiger partial charge on any atom is 0.410 e. The minimum absolute atomic E-state index is 0.0664. The van der Waals surface area contributed by atoms with Gasteiger partial charge < -0.3 is 14.4 Å². The molecule has 34 heavy (non-hydrogen) atoms. The van der Waals surface area contributed by atoms with Crippen LogP contribution < -0.4 is 4.74 Å². The highest BCUT2D eigenvalue weighted by atomic mass is 35.5. The van der Waals surface area contributed by atoms with Crippen LogP contribution >= 0.6 is 23.2 Å². The summed E-state index contributed by atoms with van der Waals surface area (Å²) < 4.78 is 28.7. The normalized spacial score (nSPS) is 20.6. The summed E-state index contributed by atoms with van der Waals surface area (Å²) in [6, 6.07) is 3.27. The summed E-state index contributed by atoms with van der Waals surface area (Å²) in [4.78, 5) is 14.4. The number of benzene rings is 1. The Morgan fingerprint density at radius 1 is 1.24 bits per heavy atom. The van der Waals surface area contributed by atoms with Crippen LogP contribution in [0.15, 0.2) is 29.2 Å². The molecule has 1 aromatic carbocycles. The van der Waals surface area contributed by atoms with Crippen LogP contribution in [0.5, 0.6) is 5.75 Å². The summed E-state index contributed by atoms with van der Waals surface area (Å²) in [5.74, 6) is 0.435. The van der Waals surface area contributed by atoms with E-state index in [0.29, 0.717) is 46.5 Å². The van der Waals surface area contributed by atoms with Gasteiger partial charge in [-0.1, -0.05) is 35.9 Å². The molecule has 0 aromatic heterocycles. The molecule has 0 saturated carbocycles. The Kier molecular flexibility index (Phi) is 9.65. The molecule has 1 amide bonds. The molecule has 1 aliphatic rings. The number of amides is 1. The van der Waals surface area contributed by atoms with E-state index < -0.39 is 21.3 Å². The van der Waals surface area contributed by atoms with Crippen LogP contribution in [0.3, 0.4) is 0 Å². The molecule has 1 fully saturated rings. The van der Waals surface area contributed by atoms with Crippen molar-refractivity contribution in [2.75, 3.05) is 13.2 Å². The Morgan fingerprint density at radius 3 is 2.38 bits per heavy atom. The van der Waals surface area contributed by atoms with Crippen molar-refractivity contribution in [3.05, 3.63) is 40.4 Å². The molecule has 0 N–H and O–H groups in total. The van der Waals surface area contributed by atoms with E-state index in [1.165, 1.54) is 0 Å². The minimum atomic E-state index is -1.51. The second-order valence-corrected chi connectivity index (χ2v) is 13.2. The van der Waals surface area contributed by atoms with Gasteiger partial charge in [-0.15, -0.1) is 0 Å². The number of nitrogens with zero attached hydrogens (tertiary/aromatic N) is 2. The topological polar surface area (TPSA) is 68.2 Å². The number of rotatable bonds is 6. The van der Waals surface area contributed by atoms with Gasteiger partial charge in [0, 0.05) is 30.1 Å². The number of hydrogen-bond donors (Lipinski definition) is 0. The van der Waals surface area contributed by atoms with Gasteiger partial charge in [0.15, 0.2) is 0 Å². The minimum Gasteiger partial charge on any atom is -0.489 e. The SMILES string of the molecule is C=CCOc1cc(Cl)c(Cl)cc1C(=N[S@@](=O)C(C)(C)C)C1CCN(C(=O)OC(C)(C)C)C(C)C1. The number of ether oxygens (including phenoxy) is 2. The van der Waals surface area contributed by atoms with Crippen LogP contribution in [0, 0.1) is 5.92 Å². The Bertz CT molecular complexity index is 967. The van der Waals surface area contributed by atoms with Crippen LogP contribution in [0.4, 0.5) is 4.79 Å². The van der Waals surface area contributed by atoms with E-state index in [1.807, 2.05) is 48.5 Å². The first-order chi connectivity index (χ1) is 15.6. The summed E-state index contributed by atoms with van der Waals surface area (Å²) in [6.07, 6.45) is 2.56. The number of halogens is 2. The van der Waals surface area contributed by atoms with E-state index in [9.17, 15) is 9.00 Å². The molecule has 6 nitrogen and oxygen atoms in total. The summed E-state index contributed by atoms with van der Waals surface area (Å²) in [7, 11) is -1.51. The van der Waals surface area contributed by atoms with Crippen molar-refractivity contribution < 1.29 is 18.5 Å². The molecule has 1 saturated heterocycles. The molecule has 9 heteroatoms. The second-order valence-electron chi connectivity index (χ2n) is 10.4. The van der Waals surface area contributed by atoms with Gasteiger partial charge in [0.05, 0.1) is 20.5 Å². The molecule has 2 unspecified atom stereocenters. The van der Waals surface area contributed by atoms with Gasteiger partial charge in [0.25, 0.3) is 0 Å². The van der Waals surface area contributed by atoms with Gasteiger partial charge in [0.2, 0.25) is 0 Å². The highest BCUT2D eigenvalue weighted by Crippen LogP contribution is 2.36. The second kappa shape index (κ2) is 11.4.